The highest BCUT2D eigenvalue weighted by Crippen LogP contribution is 2.36. The Morgan fingerprint density at radius 2 is 1.21 bits per heavy atom. The SMILES string of the molecule is CCn1c2ccccc2c2cc(/C=N/N(c3ccccc3)c3ccccc3)c3ccccc3c21. The molecule has 164 valence electrons. The molecule has 0 aliphatic carbocycles. The molecule has 0 radical (unpaired) electrons. The number of nitrogens with zero attached hydrogens (tertiary/aromatic N) is 3. The van der Waals surface area contributed by atoms with E-state index in [0.29, 0.717) is 0 Å². The predicted octanol–water partition coefficient (Wildman–Crippen LogP) is 8.14. The fourth-order valence-corrected chi connectivity index (χ4v) is 4.92. The van der Waals surface area contributed by atoms with Gasteiger partial charge in [-0.1, -0.05) is 78.9 Å². The Morgan fingerprint density at radius 3 is 1.85 bits per heavy atom. The first-order chi connectivity index (χ1) is 16.8. The molecule has 3 heteroatoms. The zero-order valence-electron chi connectivity index (χ0n) is 19.1. The van der Waals surface area contributed by atoms with Crippen molar-refractivity contribution in [3.05, 3.63) is 121 Å². The van der Waals surface area contributed by atoms with Crippen molar-refractivity contribution in [2.24, 2.45) is 5.10 Å². The van der Waals surface area contributed by atoms with Crippen LogP contribution in [0.3, 0.4) is 0 Å². The third-order valence-corrected chi connectivity index (χ3v) is 6.43. The molecule has 6 aromatic rings. The van der Waals surface area contributed by atoms with Gasteiger partial charge < -0.3 is 4.57 Å². The van der Waals surface area contributed by atoms with Crippen molar-refractivity contribution in [3.8, 4) is 0 Å². The smallest absolute Gasteiger partial charge is 0.0652 e. The molecule has 0 bridgehead atoms. The van der Waals surface area contributed by atoms with Crippen LogP contribution in [0.2, 0.25) is 0 Å². The molecule has 0 unspecified atom stereocenters. The summed E-state index contributed by atoms with van der Waals surface area (Å²) in [5.41, 5.74) is 5.73. The summed E-state index contributed by atoms with van der Waals surface area (Å²) in [6, 6.07) is 40.2. The maximum absolute atomic E-state index is 5.00. The Labute approximate surface area is 199 Å². The maximum atomic E-state index is 5.00. The summed E-state index contributed by atoms with van der Waals surface area (Å²) in [5, 5.41) is 12.0. The topological polar surface area (TPSA) is 20.5 Å². The van der Waals surface area contributed by atoms with Crippen LogP contribution in [0.4, 0.5) is 11.4 Å². The number of hydrazone groups is 1. The lowest BCUT2D eigenvalue weighted by Crippen LogP contribution is -2.09. The first-order valence-corrected chi connectivity index (χ1v) is 11.7. The van der Waals surface area contributed by atoms with Crippen LogP contribution in [0.25, 0.3) is 32.6 Å². The van der Waals surface area contributed by atoms with Gasteiger partial charge in [0.1, 0.15) is 0 Å². The molecule has 6 rings (SSSR count). The summed E-state index contributed by atoms with van der Waals surface area (Å²) in [4.78, 5) is 0. The van der Waals surface area contributed by atoms with Crippen LogP contribution < -0.4 is 5.01 Å². The summed E-state index contributed by atoms with van der Waals surface area (Å²) >= 11 is 0. The summed E-state index contributed by atoms with van der Waals surface area (Å²) < 4.78 is 2.42. The lowest BCUT2D eigenvalue weighted by molar-refractivity contribution is 0.829. The number of rotatable bonds is 5. The second-order valence-electron chi connectivity index (χ2n) is 8.40. The van der Waals surface area contributed by atoms with Crippen molar-refractivity contribution in [3.63, 3.8) is 0 Å². The Kier molecular flexibility index (Phi) is 5.08. The van der Waals surface area contributed by atoms with Crippen molar-refractivity contribution in [1.82, 2.24) is 4.57 Å². The minimum absolute atomic E-state index is 0.928. The Hall–Kier alpha value is -4.37. The molecule has 0 spiro atoms. The van der Waals surface area contributed by atoms with E-state index in [2.05, 4.69) is 90.4 Å². The van der Waals surface area contributed by atoms with Crippen LogP contribution in [-0.2, 0) is 6.54 Å². The van der Waals surface area contributed by atoms with E-state index in [1.807, 2.05) is 47.6 Å². The third-order valence-electron chi connectivity index (χ3n) is 6.43. The largest absolute Gasteiger partial charge is 0.340 e. The molecule has 0 saturated carbocycles. The molecule has 0 aliphatic heterocycles. The molecule has 34 heavy (non-hydrogen) atoms. The quantitative estimate of drug-likeness (QED) is 0.196. The number of hydrogen-bond donors (Lipinski definition) is 0. The van der Waals surface area contributed by atoms with Crippen molar-refractivity contribution in [2.45, 2.75) is 13.5 Å². The molecule has 0 saturated heterocycles. The molecule has 0 fully saturated rings. The average Bonchev–Trinajstić information content (AvgIpc) is 3.24. The highest BCUT2D eigenvalue weighted by atomic mass is 15.5. The molecule has 1 heterocycles. The van der Waals surface area contributed by atoms with E-state index in [-0.39, 0.29) is 0 Å². The highest BCUT2D eigenvalue weighted by Gasteiger charge is 2.15. The number of anilines is 2. The van der Waals surface area contributed by atoms with E-state index in [1.54, 1.807) is 0 Å². The highest BCUT2D eigenvalue weighted by molar-refractivity contribution is 6.21. The van der Waals surface area contributed by atoms with Crippen LogP contribution in [0.1, 0.15) is 12.5 Å². The first-order valence-electron chi connectivity index (χ1n) is 11.7. The van der Waals surface area contributed by atoms with E-state index >= 15 is 0 Å². The monoisotopic (exact) mass is 439 g/mol. The van der Waals surface area contributed by atoms with Crippen molar-refractivity contribution in [1.29, 1.82) is 0 Å². The van der Waals surface area contributed by atoms with Crippen LogP contribution in [0.5, 0.6) is 0 Å². The standard InChI is InChI=1S/C31H25N3/c1-2-33-30-20-12-11-18-27(30)29-21-23(26-17-9-10-19-28(26)31(29)33)22-32-34(24-13-5-3-6-14-24)25-15-7-4-8-16-25/h3-22H,2H2,1H3/b32-22+. The molecule has 1 aromatic heterocycles. The molecule has 0 N–H and O–H groups in total. The van der Waals surface area contributed by atoms with Gasteiger partial charge >= 0.3 is 0 Å². The number of benzene rings is 5. The van der Waals surface area contributed by atoms with E-state index in [4.69, 9.17) is 5.10 Å². The zero-order chi connectivity index (χ0) is 22.9. The maximum Gasteiger partial charge on any atom is 0.0652 e. The van der Waals surface area contributed by atoms with Crippen LogP contribution in [0.15, 0.2) is 120 Å². The summed E-state index contributed by atoms with van der Waals surface area (Å²) in [6.07, 6.45) is 2.00. The predicted molar refractivity (Wildman–Crippen MR) is 145 cm³/mol. The van der Waals surface area contributed by atoms with Crippen LogP contribution >= 0.6 is 0 Å². The second kappa shape index (κ2) is 8.53. The van der Waals surface area contributed by atoms with E-state index in [1.165, 1.54) is 32.6 Å². The van der Waals surface area contributed by atoms with Crippen molar-refractivity contribution in [2.75, 3.05) is 5.01 Å². The second-order valence-corrected chi connectivity index (χ2v) is 8.40. The average molecular weight is 440 g/mol. The van der Waals surface area contributed by atoms with Crippen molar-refractivity contribution >= 4 is 50.2 Å². The number of aryl methyl sites for hydroxylation is 1. The van der Waals surface area contributed by atoms with Gasteiger partial charge in [0, 0.05) is 33.8 Å². The van der Waals surface area contributed by atoms with Crippen LogP contribution in [0, 0.1) is 0 Å². The normalized spacial score (nSPS) is 11.7. The summed E-state index contributed by atoms with van der Waals surface area (Å²) in [7, 11) is 0. The minimum Gasteiger partial charge on any atom is -0.340 e. The molecule has 0 aliphatic rings. The van der Waals surface area contributed by atoms with Crippen molar-refractivity contribution < 1.29 is 0 Å². The van der Waals surface area contributed by atoms with Gasteiger partial charge in [-0.15, -0.1) is 0 Å². The van der Waals surface area contributed by atoms with Gasteiger partial charge in [0.25, 0.3) is 0 Å². The van der Waals surface area contributed by atoms with E-state index in [9.17, 15) is 0 Å². The minimum atomic E-state index is 0.928. The summed E-state index contributed by atoms with van der Waals surface area (Å²) in [5.74, 6) is 0. The summed E-state index contributed by atoms with van der Waals surface area (Å²) in [6.45, 7) is 3.14. The number of para-hydroxylation sites is 3. The van der Waals surface area contributed by atoms with E-state index < -0.39 is 0 Å². The van der Waals surface area contributed by atoms with Gasteiger partial charge in [0.05, 0.1) is 23.1 Å². The van der Waals surface area contributed by atoms with Gasteiger partial charge in [-0.2, -0.15) is 5.10 Å². The van der Waals surface area contributed by atoms with Gasteiger partial charge in [-0.25, -0.2) is 5.01 Å². The molecular weight excluding hydrogens is 414 g/mol. The number of fused-ring (bicyclic) bond motifs is 5. The van der Waals surface area contributed by atoms with Gasteiger partial charge in [-0.05, 0) is 48.7 Å². The number of hydrogen-bond acceptors (Lipinski definition) is 2. The first kappa shape index (κ1) is 20.3. The molecular formula is C31H25N3. The lowest BCUT2D eigenvalue weighted by atomic mass is 10.0. The van der Waals surface area contributed by atoms with Crippen LogP contribution in [-0.4, -0.2) is 10.8 Å². The number of aromatic nitrogens is 1. The zero-order valence-corrected chi connectivity index (χ0v) is 19.1. The Morgan fingerprint density at radius 1 is 0.647 bits per heavy atom. The fraction of sp³-hybridized carbons (Fsp3) is 0.0645. The Balaban J connectivity index is 1.59. The molecule has 0 atom stereocenters. The molecule has 0 amide bonds. The van der Waals surface area contributed by atoms with Gasteiger partial charge in [0.15, 0.2) is 0 Å². The third kappa shape index (κ3) is 3.34. The lowest BCUT2D eigenvalue weighted by Gasteiger charge is -2.19. The molecule has 5 aromatic carbocycles. The fourth-order valence-electron chi connectivity index (χ4n) is 4.92. The van der Waals surface area contributed by atoms with Gasteiger partial charge in [-0.3, -0.25) is 0 Å². The Bertz CT molecular complexity index is 1590. The molecule has 3 nitrogen and oxygen atoms in total. The van der Waals surface area contributed by atoms with Gasteiger partial charge in [0.2, 0.25) is 0 Å². The van der Waals surface area contributed by atoms with E-state index in [0.717, 1.165) is 23.5 Å².